The average Bonchev–Trinajstić information content (AvgIpc) is 3.41. The number of halogens is 2. The Bertz CT molecular complexity index is 1090. The van der Waals surface area contributed by atoms with Gasteiger partial charge in [-0.25, -0.2) is 9.18 Å². The molecule has 1 saturated heterocycles. The highest BCUT2D eigenvalue weighted by atomic mass is 79.9. The zero-order valence-corrected chi connectivity index (χ0v) is 20.0. The van der Waals surface area contributed by atoms with Gasteiger partial charge in [0.15, 0.2) is 5.82 Å². The molecule has 6 nitrogen and oxygen atoms in total. The van der Waals surface area contributed by atoms with Gasteiger partial charge in [-0.3, -0.25) is 4.79 Å². The van der Waals surface area contributed by atoms with E-state index in [4.69, 9.17) is 4.74 Å². The fourth-order valence-corrected chi connectivity index (χ4v) is 4.94. The predicted octanol–water partition coefficient (Wildman–Crippen LogP) is 4.90. The lowest BCUT2D eigenvalue weighted by Crippen LogP contribution is -2.36. The Hall–Kier alpha value is -2.09. The van der Waals surface area contributed by atoms with E-state index in [1.54, 1.807) is 6.07 Å². The molecular weight excluding hydrogens is 465 g/mol. The Morgan fingerprint density at radius 3 is 2.65 bits per heavy atom. The van der Waals surface area contributed by atoms with Gasteiger partial charge in [-0.15, -0.1) is 0 Å². The zero-order valence-electron chi connectivity index (χ0n) is 18.4. The number of aromatic nitrogens is 1. The molecule has 2 aliphatic rings. The largest absolute Gasteiger partial charge is 0.444 e. The summed E-state index contributed by atoms with van der Waals surface area (Å²) in [4.78, 5) is 26.6. The van der Waals surface area contributed by atoms with E-state index in [-0.39, 0.29) is 23.3 Å². The minimum Gasteiger partial charge on any atom is -0.444 e. The summed E-state index contributed by atoms with van der Waals surface area (Å²) in [6.07, 6.45) is 2.36. The number of carbonyl (C=O) groups is 1. The first-order valence-electron chi connectivity index (χ1n) is 10.8. The third kappa shape index (κ3) is 4.45. The van der Waals surface area contributed by atoms with Crippen LogP contribution in [0.3, 0.4) is 0 Å². The van der Waals surface area contributed by atoms with Crippen LogP contribution in [0.1, 0.15) is 51.6 Å². The van der Waals surface area contributed by atoms with Crippen molar-refractivity contribution in [2.45, 2.75) is 58.6 Å². The molecule has 1 N–H and O–H groups in total. The third-order valence-corrected chi connectivity index (χ3v) is 6.70. The second-order valence-electron chi connectivity index (χ2n) is 9.62. The number of fused-ring (bicyclic) bond motifs is 1. The Balaban J connectivity index is 1.60. The van der Waals surface area contributed by atoms with Crippen molar-refractivity contribution in [2.24, 2.45) is 5.92 Å². The molecule has 1 atom stereocenters. The number of rotatable bonds is 4. The molecule has 0 radical (unpaired) electrons. The van der Waals surface area contributed by atoms with Crippen LogP contribution in [0, 0.1) is 18.7 Å². The number of alkyl carbamates (subject to hydrolysis) is 1. The fraction of sp³-hybridized carbons (Fsp3) is 0.565. The number of nitrogens with zero attached hydrogens (tertiary/aromatic N) is 2. The molecule has 168 valence electrons. The number of ether oxygens (including phenoxy) is 1. The number of aryl methyl sites for hydroxylation is 1. The topological polar surface area (TPSA) is 63.6 Å². The van der Waals surface area contributed by atoms with E-state index in [1.165, 1.54) is 6.07 Å². The maximum Gasteiger partial charge on any atom is 0.407 e. The molecule has 1 aliphatic heterocycles. The highest BCUT2D eigenvalue weighted by molar-refractivity contribution is 9.10. The first-order chi connectivity index (χ1) is 14.6. The number of amides is 1. The highest BCUT2D eigenvalue weighted by Crippen LogP contribution is 2.43. The average molecular weight is 494 g/mol. The van der Waals surface area contributed by atoms with Gasteiger partial charge < -0.3 is 19.5 Å². The normalized spacial score (nSPS) is 19.2. The van der Waals surface area contributed by atoms with E-state index in [2.05, 4.69) is 21.2 Å². The van der Waals surface area contributed by atoms with Crippen LogP contribution in [0.15, 0.2) is 21.4 Å². The van der Waals surface area contributed by atoms with Gasteiger partial charge in [0.2, 0.25) is 0 Å². The van der Waals surface area contributed by atoms with Crippen LogP contribution in [0.4, 0.5) is 14.9 Å². The number of anilines is 1. The maximum absolute atomic E-state index is 15.5. The molecule has 1 saturated carbocycles. The minimum atomic E-state index is -0.541. The molecular formula is C23H29BrFN3O3. The summed E-state index contributed by atoms with van der Waals surface area (Å²) in [7, 11) is 0. The molecule has 1 amide bonds. The lowest BCUT2D eigenvalue weighted by atomic mass is 10.1. The van der Waals surface area contributed by atoms with Gasteiger partial charge in [-0.1, -0.05) is 0 Å². The van der Waals surface area contributed by atoms with Crippen molar-refractivity contribution in [1.29, 1.82) is 0 Å². The number of hydrogen-bond donors (Lipinski definition) is 1. The Kier molecular flexibility index (Phi) is 5.79. The van der Waals surface area contributed by atoms with Gasteiger partial charge in [0.1, 0.15) is 5.60 Å². The molecule has 2 fully saturated rings. The molecule has 1 aliphatic carbocycles. The fourth-order valence-electron chi connectivity index (χ4n) is 4.43. The highest BCUT2D eigenvalue weighted by Gasteiger charge is 2.32. The van der Waals surface area contributed by atoms with Gasteiger partial charge in [0.25, 0.3) is 5.56 Å². The molecule has 2 aromatic rings. The quantitative estimate of drug-likeness (QED) is 0.657. The molecule has 0 spiro atoms. The molecule has 1 aromatic heterocycles. The number of hydrogen-bond acceptors (Lipinski definition) is 4. The number of benzene rings is 1. The van der Waals surface area contributed by atoms with E-state index in [0.29, 0.717) is 29.8 Å². The van der Waals surface area contributed by atoms with Crippen molar-refractivity contribution in [3.63, 3.8) is 0 Å². The SMILES string of the molecule is Cc1c(N2CCC(CNC(=O)OC(C)(C)C)C2)c(F)c(Br)c2ccc(=O)n(C3CC3)c12. The smallest absolute Gasteiger partial charge is 0.407 e. The van der Waals surface area contributed by atoms with E-state index in [1.807, 2.05) is 37.2 Å². The second-order valence-corrected chi connectivity index (χ2v) is 10.4. The molecule has 1 unspecified atom stereocenters. The molecule has 1 aromatic carbocycles. The monoisotopic (exact) mass is 493 g/mol. The lowest BCUT2D eigenvalue weighted by Gasteiger charge is -2.25. The molecule has 2 heterocycles. The Labute approximate surface area is 189 Å². The van der Waals surface area contributed by atoms with Crippen LogP contribution >= 0.6 is 15.9 Å². The summed E-state index contributed by atoms with van der Waals surface area (Å²) in [5, 5.41) is 3.56. The van der Waals surface area contributed by atoms with Crippen LogP contribution in [0.5, 0.6) is 0 Å². The van der Waals surface area contributed by atoms with Gasteiger partial charge in [0, 0.05) is 37.1 Å². The standard InChI is InChI=1S/C23H29BrFN3O3/c1-13-20-16(7-8-17(29)28(20)15-5-6-15)18(24)19(25)21(13)27-10-9-14(12-27)11-26-22(30)31-23(2,3)4/h7-8,14-15H,5-6,9-12H2,1-4H3,(H,26,30). The van der Waals surface area contributed by atoms with Crippen molar-refractivity contribution in [3.05, 3.63) is 38.3 Å². The summed E-state index contributed by atoms with van der Waals surface area (Å²) in [5.74, 6) is -0.103. The van der Waals surface area contributed by atoms with Crippen molar-refractivity contribution < 1.29 is 13.9 Å². The summed E-state index contributed by atoms with van der Waals surface area (Å²) in [5.41, 5.74) is 1.57. The van der Waals surface area contributed by atoms with Crippen LogP contribution in [0.2, 0.25) is 0 Å². The number of pyridine rings is 1. The summed E-state index contributed by atoms with van der Waals surface area (Å²) in [6.45, 7) is 9.19. The number of carbonyl (C=O) groups excluding carboxylic acids is 1. The van der Waals surface area contributed by atoms with Crippen molar-refractivity contribution in [2.75, 3.05) is 24.5 Å². The van der Waals surface area contributed by atoms with Gasteiger partial charge in [0.05, 0.1) is 15.7 Å². The molecule has 31 heavy (non-hydrogen) atoms. The summed E-state index contributed by atoms with van der Waals surface area (Å²) < 4.78 is 23.0. The Morgan fingerprint density at radius 1 is 1.29 bits per heavy atom. The van der Waals surface area contributed by atoms with Crippen molar-refractivity contribution in [1.82, 2.24) is 9.88 Å². The first-order valence-corrected chi connectivity index (χ1v) is 11.6. The molecule has 4 rings (SSSR count). The maximum atomic E-state index is 15.5. The van der Waals surface area contributed by atoms with Crippen LogP contribution in [-0.4, -0.2) is 35.9 Å². The minimum absolute atomic E-state index is 0.0385. The number of nitrogens with one attached hydrogen (secondary N) is 1. The van der Waals surface area contributed by atoms with E-state index in [9.17, 15) is 9.59 Å². The lowest BCUT2D eigenvalue weighted by molar-refractivity contribution is 0.0520. The van der Waals surface area contributed by atoms with E-state index in [0.717, 1.165) is 35.7 Å². The molecule has 0 bridgehead atoms. The van der Waals surface area contributed by atoms with Gasteiger partial charge in [-0.2, -0.15) is 0 Å². The van der Waals surface area contributed by atoms with Crippen LogP contribution < -0.4 is 15.8 Å². The summed E-state index contributed by atoms with van der Waals surface area (Å²) in [6, 6.07) is 3.43. The second kappa shape index (κ2) is 8.11. The third-order valence-electron chi connectivity index (χ3n) is 5.92. The van der Waals surface area contributed by atoms with E-state index >= 15 is 4.39 Å². The van der Waals surface area contributed by atoms with E-state index < -0.39 is 11.7 Å². The zero-order chi connectivity index (χ0) is 22.5. The van der Waals surface area contributed by atoms with Gasteiger partial charge >= 0.3 is 6.09 Å². The Morgan fingerprint density at radius 2 is 2.00 bits per heavy atom. The van der Waals surface area contributed by atoms with Gasteiger partial charge in [-0.05, 0) is 80.4 Å². The predicted molar refractivity (Wildman–Crippen MR) is 123 cm³/mol. The van der Waals surface area contributed by atoms with Crippen molar-refractivity contribution in [3.8, 4) is 0 Å². The summed E-state index contributed by atoms with van der Waals surface area (Å²) >= 11 is 3.44. The van der Waals surface area contributed by atoms with Crippen LogP contribution in [-0.2, 0) is 4.74 Å². The van der Waals surface area contributed by atoms with Crippen LogP contribution in [0.25, 0.3) is 10.9 Å². The molecule has 8 heteroatoms. The first kappa shape index (κ1) is 22.1. The van der Waals surface area contributed by atoms with Crippen molar-refractivity contribution >= 4 is 38.6 Å².